The van der Waals surface area contributed by atoms with Gasteiger partial charge >= 0.3 is 5.97 Å². The zero-order valence-electron chi connectivity index (χ0n) is 6.91. The van der Waals surface area contributed by atoms with Gasteiger partial charge in [-0.2, -0.15) is 0 Å². The van der Waals surface area contributed by atoms with E-state index in [0.717, 1.165) is 0 Å². The molecule has 0 atom stereocenters. The van der Waals surface area contributed by atoms with Crippen LogP contribution in [0.15, 0.2) is 18.2 Å². The summed E-state index contributed by atoms with van der Waals surface area (Å²) in [6.07, 6.45) is 0. The van der Waals surface area contributed by atoms with E-state index in [1.165, 1.54) is 13.2 Å². The zero-order valence-corrected chi connectivity index (χ0v) is 8.48. The highest BCUT2D eigenvalue weighted by atomic mass is 35.5. The van der Waals surface area contributed by atoms with E-state index in [1.807, 2.05) is 0 Å². The molecule has 0 aliphatic rings. The Morgan fingerprint density at radius 1 is 1.54 bits per heavy atom. The van der Waals surface area contributed by atoms with Crippen molar-refractivity contribution in [1.29, 1.82) is 0 Å². The van der Waals surface area contributed by atoms with Crippen LogP contribution in [0.5, 0.6) is 0 Å². The van der Waals surface area contributed by atoms with Crippen LogP contribution in [0.2, 0.25) is 5.02 Å². The van der Waals surface area contributed by atoms with Gasteiger partial charge in [0.25, 0.3) is 0 Å². The molecule has 1 aromatic carbocycles. The van der Waals surface area contributed by atoms with Gasteiger partial charge in [-0.25, -0.2) is 4.79 Å². The second kappa shape index (κ2) is 4.94. The lowest BCUT2D eigenvalue weighted by atomic mass is 10.2. The smallest absolute Gasteiger partial charge is 0.337 e. The van der Waals surface area contributed by atoms with Crippen molar-refractivity contribution in [2.75, 3.05) is 12.8 Å². The molecule has 0 radical (unpaired) electrons. The number of benzene rings is 1. The second-order valence-corrected chi connectivity index (χ2v) is 2.64. The van der Waals surface area contributed by atoms with Gasteiger partial charge in [0.1, 0.15) is 0 Å². The topological polar surface area (TPSA) is 52.3 Å². The van der Waals surface area contributed by atoms with E-state index >= 15 is 0 Å². The van der Waals surface area contributed by atoms with Gasteiger partial charge in [0.15, 0.2) is 0 Å². The van der Waals surface area contributed by atoms with E-state index in [0.29, 0.717) is 16.3 Å². The molecule has 1 rings (SSSR count). The molecule has 72 valence electrons. The zero-order chi connectivity index (χ0) is 9.14. The maximum Gasteiger partial charge on any atom is 0.337 e. The number of nitrogens with two attached hydrogens (primary N) is 1. The summed E-state index contributed by atoms with van der Waals surface area (Å²) in [6, 6.07) is 4.60. The third kappa shape index (κ3) is 2.79. The van der Waals surface area contributed by atoms with Gasteiger partial charge in [-0.1, -0.05) is 11.6 Å². The fourth-order valence-corrected chi connectivity index (χ4v) is 0.952. The van der Waals surface area contributed by atoms with Gasteiger partial charge in [0.05, 0.1) is 23.4 Å². The molecule has 0 heterocycles. The van der Waals surface area contributed by atoms with Crippen molar-refractivity contribution in [2.45, 2.75) is 0 Å². The molecule has 0 saturated carbocycles. The number of hydrogen-bond acceptors (Lipinski definition) is 3. The van der Waals surface area contributed by atoms with Gasteiger partial charge in [-0.05, 0) is 18.2 Å². The van der Waals surface area contributed by atoms with Gasteiger partial charge in [-0.15, -0.1) is 12.4 Å². The Morgan fingerprint density at radius 3 is 2.62 bits per heavy atom. The van der Waals surface area contributed by atoms with E-state index in [4.69, 9.17) is 17.3 Å². The molecule has 0 bridgehead atoms. The lowest BCUT2D eigenvalue weighted by Crippen LogP contribution is -2.01. The number of carbonyl (C=O) groups is 1. The lowest BCUT2D eigenvalue weighted by Gasteiger charge is -2.00. The first-order chi connectivity index (χ1) is 5.65. The quantitative estimate of drug-likeness (QED) is 0.584. The summed E-state index contributed by atoms with van der Waals surface area (Å²) in [5, 5.41) is 0.359. The molecule has 2 N–H and O–H groups in total. The Hall–Kier alpha value is -0.930. The maximum atomic E-state index is 11.0. The van der Waals surface area contributed by atoms with E-state index in [9.17, 15) is 4.79 Å². The third-order valence-electron chi connectivity index (χ3n) is 1.42. The molecule has 0 aliphatic heterocycles. The third-order valence-corrected chi connectivity index (χ3v) is 1.75. The number of carbonyl (C=O) groups excluding carboxylic acids is 1. The molecule has 3 nitrogen and oxygen atoms in total. The van der Waals surface area contributed by atoms with E-state index in [2.05, 4.69) is 4.74 Å². The molecule has 0 aliphatic carbocycles. The minimum Gasteiger partial charge on any atom is -0.465 e. The van der Waals surface area contributed by atoms with Crippen LogP contribution in [-0.2, 0) is 4.74 Å². The highest BCUT2D eigenvalue weighted by Crippen LogP contribution is 2.19. The second-order valence-electron chi connectivity index (χ2n) is 2.23. The Kier molecular flexibility index (Phi) is 4.59. The Labute approximate surface area is 87.2 Å². The van der Waals surface area contributed by atoms with Crippen LogP contribution in [0.4, 0.5) is 5.69 Å². The summed E-state index contributed by atoms with van der Waals surface area (Å²) < 4.78 is 4.49. The Morgan fingerprint density at radius 2 is 2.15 bits per heavy atom. The highest BCUT2D eigenvalue weighted by molar-refractivity contribution is 6.33. The van der Waals surface area contributed by atoms with Crippen LogP contribution in [0.3, 0.4) is 0 Å². The van der Waals surface area contributed by atoms with Crippen molar-refractivity contribution in [3.63, 3.8) is 0 Å². The monoisotopic (exact) mass is 221 g/mol. The first kappa shape index (κ1) is 12.1. The van der Waals surface area contributed by atoms with Crippen molar-refractivity contribution in [3.05, 3.63) is 28.8 Å². The van der Waals surface area contributed by atoms with Crippen molar-refractivity contribution < 1.29 is 9.53 Å². The van der Waals surface area contributed by atoms with Crippen molar-refractivity contribution in [2.24, 2.45) is 0 Å². The molecule has 0 unspecified atom stereocenters. The van der Waals surface area contributed by atoms with Crippen LogP contribution in [0, 0.1) is 0 Å². The molecule has 13 heavy (non-hydrogen) atoms. The normalized spacial score (nSPS) is 8.77. The predicted octanol–water partition coefficient (Wildman–Crippen LogP) is 2.13. The molecule has 1 aromatic rings. The number of nitrogen functional groups attached to an aromatic ring is 1. The van der Waals surface area contributed by atoms with Crippen molar-refractivity contribution in [1.82, 2.24) is 0 Å². The van der Waals surface area contributed by atoms with Crippen LogP contribution in [0.25, 0.3) is 0 Å². The Bertz CT molecular complexity index is 315. The summed E-state index contributed by atoms with van der Waals surface area (Å²) in [6.45, 7) is 0. The molecule has 0 amide bonds. The summed E-state index contributed by atoms with van der Waals surface area (Å²) in [7, 11) is 1.31. The predicted molar refractivity (Wildman–Crippen MR) is 54.5 cm³/mol. The SMILES string of the molecule is COC(=O)c1ccc(N)c(Cl)c1.Cl. The summed E-state index contributed by atoms with van der Waals surface area (Å²) >= 11 is 5.68. The fourth-order valence-electron chi connectivity index (χ4n) is 0.772. The van der Waals surface area contributed by atoms with E-state index in [-0.39, 0.29) is 12.4 Å². The van der Waals surface area contributed by atoms with Crippen LogP contribution < -0.4 is 5.73 Å². The summed E-state index contributed by atoms with van der Waals surface area (Å²) in [5.74, 6) is -0.420. The minimum atomic E-state index is -0.420. The van der Waals surface area contributed by atoms with Gasteiger partial charge in [0.2, 0.25) is 0 Å². The average Bonchev–Trinajstić information content (AvgIpc) is 2.08. The molecular formula is C8H9Cl2NO2. The number of rotatable bonds is 1. The number of hydrogen-bond donors (Lipinski definition) is 1. The first-order valence-corrected chi connectivity index (χ1v) is 3.66. The van der Waals surface area contributed by atoms with Gasteiger partial charge < -0.3 is 10.5 Å². The molecule has 5 heteroatoms. The number of esters is 1. The number of anilines is 1. The van der Waals surface area contributed by atoms with Crippen molar-refractivity contribution >= 4 is 35.7 Å². The van der Waals surface area contributed by atoms with Crippen LogP contribution >= 0.6 is 24.0 Å². The fraction of sp³-hybridized carbons (Fsp3) is 0.125. The summed E-state index contributed by atoms with van der Waals surface area (Å²) in [5.41, 5.74) is 6.29. The van der Waals surface area contributed by atoms with Gasteiger partial charge in [0, 0.05) is 0 Å². The number of methoxy groups -OCH3 is 1. The molecule has 0 spiro atoms. The van der Waals surface area contributed by atoms with Crippen molar-refractivity contribution in [3.8, 4) is 0 Å². The number of halogens is 2. The molecule has 0 fully saturated rings. The average molecular weight is 222 g/mol. The van der Waals surface area contributed by atoms with Crippen LogP contribution in [0.1, 0.15) is 10.4 Å². The molecule has 0 aromatic heterocycles. The number of ether oxygens (including phenoxy) is 1. The standard InChI is InChI=1S/C8H8ClNO2.ClH/c1-12-8(11)5-2-3-7(10)6(9)4-5;/h2-4H,10H2,1H3;1H. The first-order valence-electron chi connectivity index (χ1n) is 3.28. The highest BCUT2D eigenvalue weighted by Gasteiger charge is 2.06. The van der Waals surface area contributed by atoms with E-state index < -0.39 is 5.97 Å². The lowest BCUT2D eigenvalue weighted by molar-refractivity contribution is 0.0601. The van der Waals surface area contributed by atoms with Gasteiger partial charge in [-0.3, -0.25) is 0 Å². The van der Waals surface area contributed by atoms with Crippen LogP contribution in [-0.4, -0.2) is 13.1 Å². The molecular weight excluding hydrogens is 213 g/mol. The largest absolute Gasteiger partial charge is 0.465 e. The molecule has 0 saturated heterocycles. The summed E-state index contributed by atoms with van der Waals surface area (Å²) in [4.78, 5) is 11.0. The van der Waals surface area contributed by atoms with E-state index in [1.54, 1.807) is 12.1 Å². The maximum absolute atomic E-state index is 11.0. The Balaban J connectivity index is 0.00000144. The minimum absolute atomic E-state index is 0.